The van der Waals surface area contributed by atoms with Gasteiger partial charge in [0.2, 0.25) is 0 Å². The van der Waals surface area contributed by atoms with Crippen LogP contribution in [-0.4, -0.2) is 11.4 Å². The molecule has 3 aromatic rings. The Bertz CT molecular complexity index is 1240. The van der Waals surface area contributed by atoms with Crippen molar-refractivity contribution in [2.24, 2.45) is 0 Å². The average molecular weight is 520 g/mol. The van der Waals surface area contributed by atoms with Gasteiger partial charge in [-0.3, -0.25) is 4.79 Å². The third-order valence-corrected chi connectivity index (χ3v) is 6.69. The van der Waals surface area contributed by atoms with Crippen LogP contribution >= 0.6 is 27.7 Å². The second kappa shape index (κ2) is 10.6. The largest absolute Gasteiger partial charge is 0.488 e. The molecule has 2 N–H and O–H groups in total. The van der Waals surface area contributed by atoms with Gasteiger partial charge in [-0.15, -0.1) is 0 Å². The van der Waals surface area contributed by atoms with Crippen LogP contribution < -0.4 is 15.4 Å². The van der Waals surface area contributed by atoms with Gasteiger partial charge in [0.05, 0.1) is 16.5 Å². The highest BCUT2D eigenvalue weighted by atomic mass is 79.9. The zero-order valence-electron chi connectivity index (χ0n) is 18.0. The molecule has 4 rings (SSSR count). The van der Waals surface area contributed by atoms with Crippen molar-refractivity contribution in [3.8, 4) is 11.8 Å². The summed E-state index contributed by atoms with van der Waals surface area (Å²) in [6.07, 6.45) is 2.82. The van der Waals surface area contributed by atoms with E-state index in [1.807, 2.05) is 54.6 Å². The molecule has 1 fully saturated rings. The number of nitrogens with one attached hydrogen (secondary N) is 2. The van der Waals surface area contributed by atoms with Crippen molar-refractivity contribution in [2.75, 3.05) is 5.32 Å². The first-order chi connectivity index (χ1) is 16.1. The van der Waals surface area contributed by atoms with Gasteiger partial charge >= 0.3 is 0 Å². The van der Waals surface area contributed by atoms with Gasteiger partial charge in [0.25, 0.3) is 5.91 Å². The summed E-state index contributed by atoms with van der Waals surface area (Å²) in [6.45, 7) is 2.38. The average Bonchev–Trinajstić information content (AvgIpc) is 3.17. The number of amides is 1. The van der Waals surface area contributed by atoms with E-state index in [2.05, 4.69) is 51.7 Å². The van der Waals surface area contributed by atoms with Gasteiger partial charge in [-0.2, -0.15) is 5.26 Å². The molecule has 1 saturated heterocycles. The number of nitrogens with zero attached hydrogens (tertiary/aromatic N) is 1. The maximum atomic E-state index is 12.6. The quantitative estimate of drug-likeness (QED) is 0.371. The molecule has 0 unspecified atom stereocenters. The molecule has 7 heteroatoms. The fourth-order valence-electron chi connectivity index (χ4n) is 3.37. The lowest BCUT2D eigenvalue weighted by Gasteiger charge is -2.13. The molecule has 0 bridgehead atoms. The molecule has 0 spiro atoms. The van der Waals surface area contributed by atoms with Gasteiger partial charge in [0, 0.05) is 21.3 Å². The number of ether oxygens (including phenoxy) is 1. The second-order valence-corrected chi connectivity index (χ2v) is 9.48. The minimum absolute atomic E-state index is 0.136. The number of thioether (sulfide) groups is 1. The summed E-state index contributed by atoms with van der Waals surface area (Å²) in [4.78, 5) is 13.2. The van der Waals surface area contributed by atoms with Crippen molar-refractivity contribution in [3.05, 3.63) is 98.4 Å². The lowest BCUT2D eigenvalue weighted by Crippen LogP contribution is -2.30. The number of carbonyl (C=O) groups is 1. The number of rotatable bonds is 7. The number of hydrogen-bond acceptors (Lipinski definition) is 5. The maximum absolute atomic E-state index is 12.6. The fraction of sp³-hybridized carbons (Fsp3) is 0.154. The third-order valence-electron chi connectivity index (χ3n) is 5.17. The molecular formula is C26H22BrN3O2S. The molecule has 0 aliphatic carbocycles. The molecule has 1 heterocycles. The van der Waals surface area contributed by atoms with Crippen LogP contribution in [-0.2, 0) is 17.8 Å². The zero-order valence-corrected chi connectivity index (χ0v) is 20.4. The molecule has 1 aliphatic heterocycles. The lowest BCUT2D eigenvalue weighted by molar-refractivity contribution is -0.116. The standard InChI is InChI=1S/C26H22BrN3O2S/c1-2-17-7-10-22(11-8-17)29-26-30-25(31)24(33-26)14-20-13-21(27)9-12-23(20)32-16-19-6-4-3-5-18(19)15-28/h3-14,26,29H,2,16H2,1H3,(H,30,31)/b24-14-/t26-/m1/s1. The molecule has 33 heavy (non-hydrogen) atoms. The number of halogens is 1. The summed E-state index contributed by atoms with van der Waals surface area (Å²) in [5.74, 6) is 0.502. The van der Waals surface area contributed by atoms with E-state index in [4.69, 9.17) is 4.74 Å². The van der Waals surface area contributed by atoms with Crippen molar-refractivity contribution >= 4 is 45.4 Å². The monoisotopic (exact) mass is 519 g/mol. The van der Waals surface area contributed by atoms with Crippen LogP contribution in [0.1, 0.15) is 29.2 Å². The first-order valence-electron chi connectivity index (χ1n) is 10.5. The van der Waals surface area contributed by atoms with Gasteiger partial charge in [0.1, 0.15) is 12.4 Å². The Balaban J connectivity index is 1.50. The van der Waals surface area contributed by atoms with Crippen LogP contribution in [0.4, 0.5) is 5.69 Å². The van der Waals surface area contributed by atoms with Crippen molar-refractivity contribution < 1.29 is 9.53 Å². The van der Waals surface area contributed by atoms with Crippen molar-refractivity contribution in [1.29, 1.82) is 5.26 Å². The summed E-state index contributed by atoms with van der Waals surface area (Å²) in [7, 11) is 0. The Morgan fingerprint density at radius 2 is 1.97 bits per heavy atom. The Kier molecular flexibility index (Phi) is 7.38. The highest BCUT2D eigenvalue weighted by molar-refractivity contribution is 9.10. The van der Waals surface area contributed by atoms with Crippen LogP contribution in [0.5, 0.6) is 5.75 Å². The molecule has 1 amide bonds. The zero-order chi connectivity index (χ0) is 23.2. The van der Waals surface area contributed by atoms with Crippen LogP contribution in [0.2, 0.25) is 0 Å². The Morgan fingerprint density at radius 1 is 1.18 bits per heavy atom. The Labute approximate surface area is 206 Å². The topological polar surface area (TPSA) is 74.2 Å². The number of benzene rings is 3. The summed E-state index contributed by atoms with van der Waals surface area (Å²) in [6, 6.07) is 23.4. The summed E-state index contributed by atoms with van der Waals surface area (Å²) in [5, 5.41) is 15.6. The summed E-state index contributed by atoms with van der Waals surface area (Å²) in [5.41, 5.74) is 4.14. The molecule has 166 valence electrons. The molecule has 3 aromatic carbocycles. The number of nitriles is 1. The van der Waals surface area contributed by atoms with Crippen molar-refractivity contribution in [3.63, 3.8) is 0 Å². The van der Waals surface area contributed by atoms with Gasteiger partial charge in [-0.05, 0) is 54.5 Å². The Morgan fingerprint density at radius 3 is 2.73 bits per heavy atom. The maximum Gasteiger partial charge on any atom is 0.260 e. The van der Waals surface area contributed by atoms with Gasteiger partial charge in [0.15, 0.2) is 5.50 Å². The van der Waals surface area contributed by atoms with Gasteiger partial charge in [-0.1, -0.05) is 64.9 Å². The third kappa shape index (κ3) is 5.78. The number of hydrogen-bond donors (Lipinski definition) is 2. The van der Waals surface area contributed by atoms with E-state index in [9.17, 15) is 10.1 Å². The number of anilines is 1. The summed E-state index contributed by atoms with van der Waals surface area (Å²) >= 11 is 4.93. The molecule has 5 nitrogen and oxygen atoms in total. The van der Waals surface area contributed by atoms with Crippen molar-refractivity contribution in [1.82, 2.24) is 5.32 Å². The van der Waals surface area contributed by atoms with Crippen LogP contribution in [0, 0.1) is 11.3 Å². The first-order valence-corrected chi connectivity index (χ1v) is 12.2. The van der Waals surface area contributed by atoms with Crippen molar-refractivity contribution in [2.45, 2.75) is 25.4 Å². The lowest BCUT2D eigenvalue weighted by atomic mass is 10.1. The number of carbonyl (C=O) groups excluding carboxylic acids is 1. The van der Waals surface area contributed by atoms with E-state index in [1.165, 1.54) is 17.3 Å². The van der Waals surface area contributed by atoms with Gasteiger partial charge < -0.3 is 15.4 Å². The summed E-state index contributed by atoms with van der Waals surface area (Å²) < 4.78 is 6.92. The van der Waals surface area contributed by atoms with Crippen LogP contribution in [0.3, 0.4) is 0 Å². The SMILES string of the molecule is CCc1ccc(N[C@@H]2NC(=O)/C(=C/c3cc(Br)ccc3OCc3ccccc3C#N)S2)cc1. The van der Waals surface area contributed by atoms with E-state index in [1.54, 1.807) is 6.07 Å². The Hall–Kier alpha value is -3.21. The molecule has 0 aromatic heterocycles. The fourth-order valence-corrected chi connectivity index (χ4v) is 4.72. The second-order valence-electron chi connectivity index (χ2n) is 7.41. The van der Waals surface area contributed by atoms with E-state index in [0.717, 1.165) is 27.7 Å². The molecule has 0 radical (unpaired) electrons. The normalized spacial score (nSPS) is 16.3. The highest BCUT2D eigenvalue weighted by Gasteiger charge is 2.27. The van der Waals surface area contributed by atoms with E-state index in [-0.39, 0.29) is 18.0 Å². The van der Waals surface area contributed by atoms with Crippen LogP contribution in [0.15, 0.2) is 76.1 Å². The minimum Gasteiger partial charge on any atom is -0.488 e. The van der Waals surface area contributed by atoms with E-state index >= 15 is 0 Å². The van der Waals surface area contributed by atoms with E-state index < -0.39 is 0 Å². The smallest absolute Gasteiger partial charge is 0.260 e. The molecular weight excluding hydrogens is 498 g/mol. The number of aryl methyl sites for hydroxylation is 1. The molecule has 0 saturated carbocycles. The highest BCUT2D eigenvalue weighted by Crippen LogP contribution is 2.33. The molecule has 1 atom stereocenters. The van der Waals surface area contributed by atoms with Crippen LogP contribution in [0.25, 0.3) is 6.08 Å². The predicted octanol–water partition coefficient (Wildman–Crippen LogP) is 6.06. The molecule has 1 aliphatic rings. The van der Waals surface area contributed by atoms with E-state index in [0.29, 0.717) is 16.2 Å². The van der Waals surface area contributed by atoms with Gasteiger partial charge in [-0.25, -0.2) is 0 Å². The predicted molar refractivity (Wildman–Crippen MR) is 137 cm³/mol. The minimum atomic E-state index is -0.254. The first kappa shape index (κ1) is 23.0.